The summed E-state index contributed by atoms with van der Waals surface area (Å²) in [5.41, 5.74) is 3.33. The first-order valence-corrected chi connectivity index (χ1v) is 7.59. The molecule has 0 amide bonds. The van der Waals surface area contributed by atoms with Crippen LogP contribution in [-0.4, -0.2) is 36.6 Å². The summed E-state index contributed by atoms with van der Waals surface area (Å²) in [6.07, 6.45) is 7.81. The number of allylic oxidation sites excluding steroid dienone is 4. The van der Waals surface area contributed by atoms with Crippen LogP contribution in [0.15, 0.2) is 34.4 Å². The van der Waals surface area contributed by atoms with E-state index in [0.29, 0.717) is 0 Å². The second kappa shape index (κ2) is 4.26. The van der Waals surface area contributed by atoms with E-state index in [1.54, 1.807) is 0 Å². The molecule has 0 saturated heterocycles. The van der Waals surface area contributed by atoms with Crippen LogP contribution in [0.2, 0.25) is 0 Å². The van der Waals surface area contributed by atoms with Crippen LogP contribution in [-0.2, 0) is 9.59 Å². The highest BCUT2D eigenvalue weighted by molar-refractivity contribution is 6.26. The van der Waals surface area contributed by atoms with Crippen LogP contribution < -0.4 is 0 Å². The number of rotatable bonds is 0. The zero-order valence-electron chi connectivity index (χ0n) is 11.8. The summed E-state index contributed by atoms with van der Waals surface area (Å²) in [7, 11) is 2.06. The van der Waals surface area contributed by atoms with Gasteiger partial charge in [0.2, 0.25) is 0 Å². The van der Waals surface area contributed by atoms with E-state index in [9.17, 15) is 9.59 Å². The maximum atomic E-state index is 12.9. The smallest absolute Gasteiger partial charge is 0.186 e. The molecule has 0 saturated carbocycles. The highest BCUT2D eigenvalue weighted by Crippen LogP contribution is 2.46. The number of carbonyl (C=O) groups excluding carboxylic acids is 2. The number of ketones is 2. The van der Waals surface area contributed by atoms with Crippen molar-refractivity contribution in [2.45, 2.75) is 25.7 Å². The fourth-order valence-corrected chi connectivity index (χ4v) is 4.13. The van der Waals surface area contributed by atoms with Crippen molar-refractivity contribution in [1.29, 1.82) is 0 Å². The highest BCUT2D eigenvalue weighted by Gasteiger charge is 2.43. The number of fused-ring (bicyclic) bond motifs is 1. The lowest BCUT2D eigenvalue weighted by Crippen LogP contribution is -2.35. The summed E-state index contributed by atoms with van der Waals surface area (Å²) < 4.78 is 0. The Kier molecular flexibility index (Phi) is 2.61. The van der Waals surface area contributed by atoms with E-state index in [-0.39, 0.29) is 23.4 Å². The van der Waals surface area contributed by atoms with Crippen LogP contribution in [0.25, 0.3) is 0 Å². The van der Waals surface area contributed by atoms with Crippen LogP contribution >= 0.6 is 0 Å². The third kappa shape index (κ3) is 1.56. The summed E-state index contributed by atoms with van der Waals surface area (Å²) in [6, 6.07) is 0. The molecule has 0 N–H and O–H groups in total. The van der Waals surface area contributed by atoms with E-state index in [2.05, 4.69) is 24.1 Å². The normalized spacial score (nSPS) is 33.5. The fraction of sp³-hybridized carbons (Fsp3) is 0.529. The minimum absolute atomic E-state index is 0.184. The van der Waals surface area contributed by atoms with Crippen LogP contribution in [0, 0.1) is 11.8 Å². The van der Waals surface area contributed by atoms with Crippen LogP contribution in [0.5, 0.6) is 0 Å². The molecule has 0 aromatic carbocycles. The lowest BCUT2D eigenvalue weighted by atomic mass is 9.64. The largest absolute Gasteiger partial charge is 0.306 e. The van der Waals surface area contributed by atoms with Crippen LogP contribution in [0.3, 0.4) is 0 Å². The molecule has 1 heterocycles. The van der Waals surface area contributed by atoms with Gasteiger partial charge in [0.1, 0.15) is 0 Å². The Balaban J connectivity index is 1.81. The first-order valence-electron chi connectivity index (χ1n) is 7.59. The molecule has 3 heteroatoms. The van der Waals surface area contributed by atoms with E-state index in [4.69, 9.17) is 0 Å². The van der Waals surface area contributed by atoms with Gasteiger partial charge in [-0.1, -0.05) is 12.2 Å². The molecule has 5 rings (SSSR count). The number of hydrogen-bond donors (Lipinski definition) is 0. The maximum Gasteiger partial charge on any atom is 0.186 e. The van der Waals surface area contributed by atoms with Crippen molar-refractivity contribution in [3.63, 3.8) is 0 Å². The zero-order valence-corrected chi connectivity index (χ0v) is 11.8. The molecule has 20 heavy (non-hydrogen) atoms. The van der Waals surface area contributed by atoms with Gasteiger partial charge >= 0.3 is 0 Å². The summed E-state index contributed by atoms with van der Waals surface area (Å²) in [5, 5.41) is 0. The second-order valence-electron chi connectivity index (χ2n) is 6.42. The summed E-state index contributed by atoms with van der Waals surface area (Å²) >= 11 is 0. The SMILES string of the molecule is CN1CCC2=C(CC1)C(=O)C1=C(C2=O)C2C=CC1CC2. The third-order valence-electron chi connectivity index (χ3n) is 5.28. The van der Waals surface area contributed by atoms with E-state index >= 15 is 0 Å². The highest BCUT2D eigenvalue weighted by atomic mass is 16.1. The standard InChI is InChI=1S/C17H19NO2/c1-18-8-6-12-13(7-9-18)17(20)15-11-3-2-10(4-5-11)14(15)16(12)19/h2-3,10-11H,4-9H2,1H3. The van der Waals surface area contributed by atoms with Gasteiger partial charge in [0.25, 0.3) is 0 Å². The molecular weight excluding hydrogens is 250 g/mol. The molecule has 0 spiro atoms. The van der Waals surface area contributed by atoms with Gasteiger partial charge in [-0.25, -0.2) is 0 Å². The minimum atomic E-state index is 0.184. The Morgan fingerprint density at radius 3 is 1.75 bits per heavy atom. The van der Waals surface area contributed by atoms with Crippen molar-refractivity contribution in [3.8, 4) is 0 Å². The molecule has 0 fully saturated rings. The van der Waals surface area contributed by atoms with Crippen molar-refractivity contribution < 1.29 is 9.59 Å². The number of carbonyl (C=O) groups is 2. The van der Waals surface area contributed by atoms with Crippen molar-refractivity contribution >= 4 is 11.6 Å². The molecule has 2 unspecified atom stereocenters. The van der Waals surface area contributed by atoms with Gasteiger partial charge in [-0.3, -0.25) is 9.59 Å². The Morgan fingerprint density at radius 2 is 1.35 bits per heavy atom. The lowest BCUT2D eigenvalue weighted by Gasteiger charge is -2.37. The maximum absolute atomic E-state index is 12.9. The molecule has 0 aromatic rings. The third-order valence-corrected chi connectivity index (χ3v) is 5.28. The quantitative estimate of drug-likeness (QED) is 0.499. The van der Waals surface area contributed by atoms with Gasteiger partial charge in [0.05, 0.1) is 0 Å². The van der Waals surface area contributed by atoms with Gasteiger partial charge < -0.3 is 4.90 Å². The monoisotopic (exact) mass is 269 g/mol. The Labute approximate surface area is 119 Å². The first kappa shape index (κ1) is 12.3. The van der Waals surface area contributed by atoms with Crippen molar-refractivity contribution in [2.75, 3.05) is 20.1 Å². The molecule has 0 aromatic heterocycles. The predicted molar refractivity (Wildman–Crippen MR) is 76.2 cm³/mol. The second-order valence-corrected chi connectivity index (χ2v) is 6.42. The summed E-state index contributed by atoms with van der Waals surface area (Å²) in [4.78, 5) is 27.9. The predicted octanol–water partition coefficient (Wildman–Crippen LogP) is 2.05. The zero-order chi connectivity index (χ0) is 13.9. The van der Waals surface area contributed by atoms with E-state index in [0.717, 1.165) is 61.1 Å². The molecule has 3 nitrogen and oxygen atoms in total. The van der Waals surface area contributed by atoms with Crippen molar-refractivity contribution in [2.24, 2.45) is 11.8 Å². The number of hydrogen-bond acceptors (Lipinski definition) is 3. The van der Waals surface area contributed by atoms with Crippen molar-refractivity contribution in [3.05, 3.63) is 34.4 Å². The molecule has 104 valence electrons. The molecule has 4 aliphatic carbocycles. The number of Topliss-reactive ketones (excluding diaryl/α,β-unsaturated/α-hetero) is 2. The average Bonchev–Trinajstić information content (AvgIpc) is 2.68. The van der Waals surface area contributed by atoms with E-state index in [1.165, 1.54) is 0 Å². The van der Waals surface area contributed by atoms with E-state index in [1.807, 2.05) is 0 Å². The molecule has 5 aliphatic rings. The first-order chi connectivity index (χ1) is 9.66. The topological polar surface area (TPSA) is 37.4 Å². The molecular formula is C17H19NO2. The Morgan fingerprint density at radius 1 is 0.900 bits per heavy atom. The lowest BCUT2D eigenvalue weighted by molar-refractivity contribution is -0.117. The fourth-order valence-electron chi connectivity index (χ4n) is 4.13. The average molecular weight is 269 g/mol. The molecule has 0 radical (unpaired) electrons. The summed E-state index contributed by atoms with van der Waals surface area (Å²) in [6.45, 7) is 1.76. The van der Waals surface area contributed by atoms with Crippen molar-refractivity contribution in [1.82, 2.24) is 4.90 Å². The Bertz CT molecular complexity index is 558. The van der Waals surface area contributed by atoms with Gasteiger partial charge in [0.15, 0.2) is 11.6 Å². The van der Waals surface area contributed by atoms with Gasteiger partial charge in [-0.15, -0.1) is 0 Å². The van der Waals surface area contributed by atoms with Gasteiger partial charge in [0, 0.05) is 47.2 Å². The minimum Gasteiger partial charge on any atom is -0.306 e. The number of nitrogens with zero attached hydrogens (tertiary/aromatic N) is 1. The molecule has 2 bridgehead atoms. The summed E-state index contributed by atoms with van der Waals surface area (Å²) in [5.74, 6) is 0.760. The van der Waals surface area contributed by atoms with E-state index < -0.39 is 0 Å². The Hall–Kier alpha value is -1.48. The van der Waals surface area contributed by atoms with Gasteiger partial charge in [-0.05, 0) is 32.7 Å². The molecule has 2 atom stereocenters. The van der Waals surface area contributed by atoms with Crippen LogP contribution in [0.1, 0.15) is 25.7 Å². The van der Waals surface area contributed by atoms with Crippen LogP contribution in [0.4, 0.5) is 0 Å². The molecule has 1 aliphatic heterocycles. The van der Waals surface area contributed by atoms with Gasteiger partial charge in [-0.2, -0.15) is 0 Å².